The van der Waals surface area contributed by atoms with E-state index in [4.69, 9.17) is 11.6 Å². The minimum Gasteiger partial charge on any atom is -0.354 e. The van der Waals surface area contributed by atoms with Gasteiger partial charge in [0, 0.05) is 13.1 Å². The molecular weight excluding hydrogens is 302 g/mol. The molecule has 0 aromatic carbocycles. The van der Waals surface area contributed by atoms with E-state index in [0.717, 1.165) is 13.0 Å². The van der Waals surface area contributed by atoms with E-state index in [-0.39, 0.29) is 22.7 Å². The molecule has 0 aliphatic carbocycles. The van der Waals surface area contributed by atoms with Gasteiger partial charge >= 0.3 is 0 Å². The molecule has 0 amide bonds. The van der Waals surface area contributed by atoms with Crippen molar-refractivity contribution in [2.45, 2.75) is 19.8 Å². The first-order chi connectivity index (χ1) is 9.48. The number of anilines is 2. The molecule has 0 spiro atoms. The highest BCUT2D eigenvalue weighted by atomic mass is 35.5. The van der Waals surface area contributed by atoms with Crippen molar-refractivity contribution in [2.24, 2.45) is 5.92 Å². The van der Waals surface area contributed by atoms with Crippen LogP contribution in [0.15, 0.2) is 0 Å². The number of aromatic nitrogens is 3. The molecule has 1 aromatic heterocycles. The molecule has 0 saturated carbocycles. The first-order valence-electron chi connectivity index (χ1n) is 6.58. The molecule has 1 aliphatic heterocycles. The summed E-state index contributed by atoms with van der Waals surface area (Å²) in [6.07, 6.45) is 1.63. The van der Waals surface area contributed by atoms with E-state index in [1.54, 1.807) is 0 Å². The molecule has 0 bridgehead atoms. The summed E-state index contributed by atoms with van der Waals surface area (Å²) in [6.45, 7) is 3.31. The first-order valence-corrected chi connectivity index (χ1v) is 8.78. The van der Waals surface area contributed by atoms with Gasteiger partial charge in [0.05, 0.1) is 11.5 Å². The van der Waals surface area contributed by atoms with Crippen molar-refractivity contribution in [1.82, 2.24) is 15.0 Å². The Balaban J connectivity index is 1.94. The van der Waals surface area contributed by atoms with E-state index in [2.05, 4.69) is 25.6 Å². The normalized spacial score (nSPS) is 20.8. The summed E-state index contributed by atoms with van der Waals surface area (Å²) >= 11 is 5.83. The Hall–Kier alpha value is -1.15. The van der Waals surface area contributed by atoms with Crippen LogP contribution in [0, 0.1) is 5.92 Å². The van der Waals surface area contributed by atoms with Gasteiger partial charge in [-0.2, -0.15) is 15.0 Å². The number of hydrogen-bond acceptors (Lipinski definition) is 7. The topological polar surface area (TPSA) is 96.9 Å². The van der Waals surface area contributed by atoms with Crippen molar-refractivity contribution in [3.05, 3.63) is 5.28 Å². The van der Waals surface area contributed by atoms with Crippen LogP contribution in [0.1, 0.15) is 19.8 Å². The van der Waals surface area contributed by atoms with Crippen LogP contribution in [0.5, 0.6) is 0 Å². The lowest BCUT2D eigenvalue weighted by Crippen LogP contribution is -2.18. The Kier molecular flexibility index (Phi) is 4.98. The lowest BCUT2D eigenvalue weighted by atomic mass is 10.1. The lowest BCUT2D eigenvalue weighted by molar-refractivity contribution is 0.595. The minimum absolute atomic E-state index is 0.0996. The zero-order valence-corrected chi connectivity index (χ0v) is 12.8. The molecule has 2 rings (SSSR count). The second-order valence-electron chi connectivity index (χ2n) is 4.83. The zero-order chi connectivity index (χ0) is 14.6. The van der Waals surface area contributed by atoms with Crippen LogP contribution in [0.2, 0.25) is 5.28 Å². The molecule has 9 heteroatoms. The van der Waals surface area contributed by atoms with Gasteiger partial charge in [0.25, 0.3) is 0 Å². The van der Waals surface area contributed by atoms with Gasteiger partial charge < -0.3 is 10.6 Å². The Bertz CT molecular complexity index is 566. The summed E-state index contributed by atoms with van der Waals surface area (Å²) < 4.78 is 22.8. The van der Waals surface area contributed by atoms with Crippen molar-refractivity contribution in [3.8, 4) is 0 Å². The molecule has 20 heavy (non-hydrogen) atoms. The van der Waals surface area contributed by atoms with Gasteiger partial charge in [-0.3, -0.25) is 0 Å². The molecule has 1 unspecified atom stereocenters. The maximum atomic E-state index is 11.4. The van der Waals surface area contributed by atoms with Crippen LogP contribution in [0.4, 0.5) is 11.9 Å². The molecule has 7 nitrogen and oxygen atoms in total. The first kappa shape index (κ1) is 15.2. The summed E-state index contributed by atoms with van der Waals surface area (Å²) in [5.74, 6) is 1.38. The fraction of sp³-hybridized carbons (Fsp3) is 0.727. The van der Waals surface area contributed by atoms with Gasteiger partial charge in [-0.05, 0) is 30.4 Å². The molecule has 1 aromatic rings. The van der Waals surface area contributed by atoms with Crippen molar-refractivity contribution >= 4 is 33.3 Å². The van der Waals surface area contributed by atoms with Crippen LogP contribution >= 0.6 is 11.6 Å². The standard InChI is InChI=1S/C11H18ClN5O2S/c1-2-4-13-10-15-9(12)16-11(17-10)14-6-8-3-5-20(18,19)7-8/h8H,2-7H2,1H3,(H2,13,14,15,16,17). The average molecular weight is 320 g/mol. The number of sulfone groups is 1. The molecule has 112 valence electrons. The summed E-state index contributed by atoms with van der Waals surface area (Å²) in [6, 6.07) is 0. The SMILES string of the molecule is CCCNc1nc(Cl)nc(NCC2CCS(=O)(=O)C2)n1. The van der Waals surface area contributed by atoms with E-state index < -0.39 is 9.84 Å². The number of hydrogen-bond donors (Lipinski definition) is 2. The van der Waals surface area contributed by atoms with Gasteiger partial charge in [0.1, 0.15) is 0 Å². The monoisotopic (exact) mass is 319 g/mol. The third-order valence-corrected chi connectivity index (χ3v) is 5.02. The van der Waals surface area contributed by atoms with E-state index >= 15 is 0 Å². The maximum absolute atomic E-state index is 11.4. The van der Waals surface area contributed by atoms with Crippen molar-refractivity contribution in [1.29, 1.82) is 0 Å². The maximum Gasteiger partial charge on any atom is 0.228 e. The number of nitrogens with zero attached hydrogens (tertiary/aromatic N) is 3. The van der Waals surface area contributed by atoms with E-state index in [1.165, 1.54) is 0 Å². The highest BCUT2D eigenvalue weighted by Gasteiger charge is 2.27. The van der Waals surface area contributed by atoms with Gasteiger partial charge in [-0.25, -0.2) is 8.42 Å². The van der Waals surface area contributed by atoms with E-state index in [1.807, 2.05) is 6.92 Å². The van der Waals surface area contributed by atoms with Crippen LogP contribution < -0.4 is 10.6 Å². The van der Waals surface area contributed by atoms with Crippen LogP contribution in [0.3, 0.4) is 0 Å². The number of nitrogens with one attached hydrogen (secondary N) is 2. The van der Waals surface area contributed by atoms with Crippen LogP contribution in [0.25, 0.3) is 0 Å². The second kappa shape index (κ2) is 6.53. The molecule has 1 fully saturated rings. The van der Waals surface area contributed by atoms with Crippen LogP contribution in [-0.2, 0) is 9.84 Å². The highest BCUT2D eigenvalue weighted by molar-refractivity contribution is 7.91. The molecule has 1 atom stereocenters. The number of halogens is 1. The Morgan fingerprint density at radius 2 is 1.95 bits per heavy atom. The number of rotatable bonds is 6. The third kappa shape index (κ3) is 4.45. The predicted octanol–water partition coefficient (Wildman–Crippen LogP) is 1.19. The molecule has 1 aliphatic rings. The molecule has 1 saturated heterocycles. The Morgan fingerprint density at radius 1 is 1.25 bits per heavy atom. The summed E-state index contributed by atoms with van der Waals surface area (Å²) in [7, 11) is -2.86. The summed E-state index contributed by atoms with van der Waals surface area (Å²) in [4.78, 5) is 12.1. The van der Waals surface area contributed by atoms with E-state index in [0.29, 0.717) is 24.9 Å². The Labute approximate surface area is 123 Å². The lowest BCUT2D eigenvalue weighted by Gasteiger charge is -2.10. The highest BCUT2D eigenvalue weighted by Crippen LogP contribution is 2.19. The molecular formula is C11H18ClN5O2S. The zero-order valence-electron chi connectivity index (χ0n) is 11.3. The predicted molar refractivity (Wildman–Crippen MR) is 78.9 cm³/mol. The van der Waals surface area contributed by atoms with Crippen molar-refractivity contribution < 1.29 is 8.42 Å². The fourth-order valence-corrected chi connectivity index (χ4v) is 4.04. The quantitative estimate of drug-likeness (QED) is 0.813. The fourth-order valence-electron chi connectivity index (χ4n) is 2.01. The molecule has 2 heterocycles. The minimum atomic E-state index is -2.86. The van der Waals surface area contributed by atoms with Crippen molar-refractivity contribution in [2.75, 3.05) is 35.2 Å². The smallest absolute Gasteiger partial charge is 0.228 e. The Morgan fingerprint density at radius 3 is 2.55 bits per heavy atom. The van der Waals surface area contributed by atoms with E-state index in [9.17, 15) is 8.42 Å². The van der Waals surface area contributed by atoms with Gasteiger partial charge in [0.2, 0.25) is 17.2 Å². The van der Waals surface area contributed by atoms with Gasteiger partial charge in [-0.1, -0.05) is 6.92 Å². The second-order valence-corrected chi connectivity index (χ2v) is 7.40. The summed E-state index contributed by atoms with van der Waals surface area (Å²) in [5.41, 5.74) is 0. The average Bonchev–Trinajstić information content (AvgIpc) is 2.73. The third-order valence-electron chi connectivity index (χ3n) is 3.02. The van der Waals surface area contributed by atoms with Gasteiger partial charge in [0.15, 0.2) is 9.84 Å². The molecule has 0 radical (unpaired) electrons. The summed E-state index contributed by atoms with van der Waals surface area (Å²) in [5, 5.41) is 6.18. The largest absolute Gasteiger partial charge is 0.354 e. The molecule has 2 N–H and O–H groups in total. The van der Waals surface area contributed by atoms with Gasteiger partial charge in [-0.15, -0.1) is 0 Å². The van der Waals surface area contributed by atoms with Crippen molar-refractivity contribution in [3.63, 3.8) is 0 Å². The van der Waals surface area contributed by atoms with Crippen LogP contribution in [-0.4, -0.2) is 48.0 Å².